The normalized spacial score (nSPS) is 12.3. The Labute approximate surface area is 78.0 Å². The van der Waals surface area contributed by atoms with E-state index < -0.39 is 0 Å². The van der Waals surface area contributed by atoms with Gasteiger partial charge in [0.05, 0.1) is 0 Å². The van der Waals surface area contributed by atoms with Crippen molar-refractivity contribution in [1.82, 2.24) is 0 Å². The minimum atomic E-state index is 0.0534. The zero-order valence-electron chi connectivity index (χ0n) is 7.44. The van der Waals surface area contributed by atoms with Crippen molar-refractivity contribution in [3.63, 3.8) is 0 Å². The summed E-state index contributed by atoms with van der Waals surface area (Å²) in [4.78, 5) is 0. The average Bonchev–Trinajstić information content (AvgIpc) is 2.05. The van der Waals surface area contributed by atoms with E-state index in [1.165, 1.54) is 0 Å². The molecule has 0 rings (SSSR count). The molecule has 0 spiro atoms. The van der Waals surface area contributed by atoms with Crippen LogP contribution in [0.2, 0.25) is 0 Å². The van der Waals surface area contributed by atoms with Crippen LogP contribution in [0.15, 0.2) is 49.4 Å². The molecule has 0 aliphatic rings. The highest BCUT2D eigenvalue weighted by Gasteiger charge is 1.89. The van der Waals surface area contributed by atoms with Gasteiger partial charge in [-0.05, 0) is 0 Å². The van der Waals surface area contributed by atoms with E-state index in [9.17, 15) is 0 Å². The Bertz CT molecular complexity index is 202. The molecule has 0 aromatic heterocycles. The molecule has 3 nitrogen and oxygen atoms in total. The molecule has 0 amide bonds. The third kappa shape index (κ3) is 6.75. The van der Waals surface area contributed by atoms with E-state index in [0.717, 1.165) is 12.5 Å². The minimum absolute atomic E-state index is 0.0534. The van der Waals surface area contributed by atoms with Crippen LogP contribution >= 0.6 is 0 Å². The summed E-state index contributed by atoms with van der Waals surface area (Å²) in [7, 11) is 0. The summed E-state index contributed by atoms with van der Waals surface area (Å²) in [6, 6.07) is 0. The van der Waals surface area contributed by atoms with E-state index in [0.29, 0.717) is 12.8 Å². The number of hydrogen-bond donors (Lipinski definition) is 2. The highest BCUT2D eigenvalue weighted by Crippen LogP contribution is 2.00. The van der Waals surface area contributed by atoms with E-state index in [4.69, 9.17) is 14.9 Å². The van der Waals surface area contributed by atoms with E-state index in [-0.39, 0.29) is 11.5 Å². The first kappa shape index (κ1) is 11.4. The van der Waals surface area contributed by atoms with Crippen LogP contribution < -0.4 is 0 Å². The maximum atomic E-state index is 9.03. The second-order valence-electron chi connectivity index (χ2n) is 2.34. The third-order valence-corrected chi connectivity index (χ3v) is 1.12. The summed E-state index contributed by atoms with van der Waals surface area (Å²) >= 11 is 0. The summed E-state index contributed by atoms with van der Waals surface area (Å²) in [6.45, 7) is 6.88. The standard InChI is InChI=1S/C10H14O3/c1-3-5-9(11)7-13-8-10(12)6-4-2/h3-4,7-8,11-12H,1-2,5-6H2. The number of allylic oxidation sites excluding steroid dienone is 2. The average molecular weight is 182 g/mol. The third-order valence-electron chi connectivity index (χ3n) is 1.12. The van der Waals surface area contributed by atoms with Gasteiger partial charge in [0.2, 0.25) is 0 Å². The van der Waals surface area contributed by atoms with E-state index in [1.54, 1.807) is 12.2 Å². The van der Waals surface area contributed by atoms with Crippen molar-refractivity contribution < 1.29 is 14.9 Å². The summed E-state index contributed by atoms with van der Waals surface area (Å²) in [5.74, 6) is 0.107. The van der Waals surface area contributed by atoms with Gasteiger partial charge >= 0.3 is 0 Å². The molecule has 0 atom stereocenters. The van der Waals surface area contributed by atoms with Gasteiger partial charge in [-0.1, -0.05) is 12.2 Å². The first-order valence-electron chi connectivity index (χ1n) is 3.84. The fraction of sp³-hybridized carbons (Fsp3) is 0.200. The number of aliphatic hydroxyl groups excluding tert-OH is 2. The molecular formula is C10H14O3. The highest BCUT2D eigenvalue weighted by atomic mass is 16.5. The minimum Gasteiger partial charge on any atom is -0.509 e. The SMILES string of the molecule is C=CCC(O)=COC=C(O)CC=C. The quantitative estimate of drug-likeness (QED) is 0.490. The molecule has 2 N–H and O–H groups in total. The summed E-state index contributed by atoms with van der Waals surface area (Å²) in [5.41, 5.74) is 0. The van der Waals surface area contributed by atoms with Gasteiger partial charge in [-0.2, -0.15) is 0 Å². The van der Waals surface area contributed by atoms with Gasteiger partial charge < -0.3 is 14.9 Å². The molecule has 0 saturated heterocycles. The van der Waals surface area contributed by atoms with E-state index >= 15 is 0 Å². The summed E-state index contributed by atoms with van der Waals surface area (Å²) < 4.78 is 4.74. The number of ether oxygens (including phenoxy) is 1. The lowest BCUT2D eigenvalue weighted by atomic mass is 10.4. The molecule has 0 bridgehead atoms. The van der Waals surface area contributed by atoms with Crippen LogP contribution in [0.5, 0.6) is 0 Å². The van der Waals surface area contributed by atoms with Crippen molar-refractivity contribution in [2.75, 3.05) is 0 Å². The number of hydrogen-bond acceptors (Lipinski definition) is 3. The Morgan fingerprint density at radius 1 is 1.00 bits per heavy atom. The molecule has 0 aromatic rings. The summed E-state index contributed by atoms with van der Waals surface area (Å²) in [6.07, 6.45) is 6.05. The maximum Gasteiger partial charge on any atom is 0.131 e. The van der Waals surface area contributed by atoms with Crippen molar-refractivity contribution in [1.29, 1.82) is 0 Å². The zero-order chi connectivity index (χ0) is 10.1. The van der Waals surface area contributed by atoms with Gasteiger partial charge in [0, 0.05) is 12.8 Å². The Kier molecular flexibility index (Phi) is 6.15. The molecule has 0 saturated carbocycles. The van der Waals surface area contributed by atoms with Crippen LogP contribution in [0.25, 0.3) is 0 Å². The van der Waals surface area contributed by atoms with Gasteiger partial charge in [0.1, 0.15) is 24.0 Å². The molecule has 0 aromatic carbocycles. The molecule has 0 aliphatic heterocycles. The lowest BCUT2D eigenvalue weighted by molar-refractivity contribution is 0.302. The Hall–Kier alpha value is -1.64. The second kappa shape index (κ2) is 7.03. The van der Waals surface area contributed by atoms with Crippen molar-refractivity contribution in [3.8, 4) is 0 Å². The van der Waals surface area contributed by atoms with E-state index in [2.05, 4.69) is 13.2 Å². The van der Waals surface area contributed by atoms with Crippen molar-refractivity contribution in [3.05, 3.63) is 49.4 Å². The molecule has 3 heteroatoms. The molecule has 0 fully saturated rings. The lowest BCUT2D eigenvalue weighted by Crippen LogP contribution is -1.82. The Balaban J connectivity index is 3.87. The molecule has 0 unspecified atom stereocenters. The first-order chi connectivity index (χ1) is 6.20. The van der Waals surface area contributed by atoms with Crippen molar-refractivity contribution in [2.45, 2.75) is 12.8 Å². The molecule has 0 heterocycles. The smallest absolute Gasteiger partial charge is 0.131 e. The monoisotopic (exact) mass is 182 g/mol. The summed E-state index contributed by atoms with van der Waals surface area (Å²) in [5, 5.41) is 18.1. The van der Waals surface area contributed by atoms with Crippen LogP contribution in [0.4, 0.5) is 0 Å². The lowest BCUT2D eigenvalue weighted by Gasteiger charge is -1.96. The van der Waals surface area contributed by atoms with E-state index in [1.807, 2.05) is 0 Å². The van der Waals surface area contributed by atoms with Crippen LogP contribution in [-0.2, 0) is 4.74 Å². The Morgan fingerprint density at radius 3 is 1.69 bits per heavy atom. The topological polar surface area (TPSA) is 49.7 Å². The van der Waals surface area contributed by atoms with Gasteiger partial charge in [0.15, 0.2) is 0 Å². The molecule has 0 aliphatic carbocycles. The van der Waals surface area contributed by atoms with Gasteiger partial charge in [-0.3, -0.25) is 0 Å². The van der Waals surface area contributed by atoms with Gasteiger partial charge in [-0.25, -0.2) is 0 Å². The number of rotatable bonds is 6. The first-order valence-corrected chi connectivity index (χ1v) is 3.84. The van der Waals surface area contributed by atoms with Gasteiger partial charge in [0.25, 0.3) is 0 Å². The number of aliphatic hydroxyl groups is 2. The van der Waals surface area contributed by atoms with Crippen LogP contribution in [0, 0.1) is 0 Å². The van der Waals surface area contributed by atoms with Crippen LogP contribution in [0.1, 0.15) is 12.8 Å². The largest absolute Gasteiger partial charge is 0.509 e. The molecule has 13 heavy (non-hydrogen) atoms. The zero-order valence-corrected chi connectivity index (χ0v) is 7.44. The molecular weight excluding hydrogens is 168 g/mol. The van der Waals surface area contributed by atoms with Crippen LogP contribution in [0.3, 0.4) is 0 Å². The Morgan fingerprint density at radius 2 is 1.38 bits per heavy atom. The molecule has 0 radical (unpaired) electrons. The predicted octanol–water partition coefficient (Wildman–Crippen LogP) is 2.95. The fourth-order valence-corrected chi connectivity index (χ4v) is 0.583. The molecule has 72 valence electrons. The predicted molar refractivity (Wildman–Crippen MR) is 52.1 cm³/mol. The fourth-order valence-electron chi connectivity index (χ4n) is 0.583. The maximum absolute atomic E-state index is 9.03. The second-order valence-corrected chi connectivity index (χ2v) is 2.34. The van der Waals surface area contributed by atoms with Gasteiger partial charge in [-0.15, -0.1) is 13.2 Å². The highest BCUT2D eigenvalue weighted by molar-refractivity contribution is 4.96. The van der Waals surface area contributed by atoms with Crippen LogP contribution in [-0.4, -0.2) is 10.2 Å². The van der Waals surface area contributed by atoms with Crippen molar-refractivity contribution >= 4 is 0 Å². The van der Waals surface area contributed by atoms with Crippen molar-refractivity contribution in [2.24, 2.45) is 0 Å².